The van der Waals surface area contributed by atoms with Gasteiger partial charge in [-0.3, -0.25) is 9.48 Å². The molecule has 88 valence electrons. The average molecular weight is 231 g/mol. The van der Waals surface area contributed by atoms with Crippen molar-refractivity contribution in [1.82, 2.24) is 14.8 Å². The zero-order valence-corrected chi connectivity index (χ0v) is 9.64. The molecule has 0 atom stereocenters. The monoisotopic (exact) mass is 231 g/mol. The number of aromatic nitrogens is 3. The number of hydrogen-bond donors (Lipinski definition) is 2. The van der Waals surface area contributed by atoms with E-state index in [9.17, 15) is 4.79 Å². The Hall–Kier alpha value is -2.37. The van der Waals surface area contributed by atoms with Gasteiger partial charge in [0.2, 0.25) is 0 Å². The number of anilines is 2. The molecule has 17 heavy (non-hydrogen) atoms. The number of aryl methyl sites for hydroxylation is 2. The molecule has 2 rings (SSSR count). The van der Waals surface area contributed by atoms with E-state index in [1.54, 1.807) is 13.1 Å². The second-order valence-corrected chi connectivity index (χ2v) is 3.69. The van der Waals surface area contributed by atoms with Crippen LogP contribution in [0.15, 0.2) is 24.4 Å². The van der Waals surface area contributed by atoms with Crippen LogP contribution in [0.2, 0.25) is 0 Å². The first-order chi connectivity index (χ1) is 8.08. The Kier molecular flexibility index (Phi) is 2.78. The second kappa shape index (κ2) is 4.25. The van der Waals surface area contributed by atoms with Crippen molar-refractivity contribution in [1.29, 1.82) is 0 Å². The molecule has 6 heteroatoms. The zero-order valence-electron chi connectivity index (χ0n) is 9.64. The van der Waals surface area contributed by atoms with E-state index in [2.05, 4.69) is 15.4 Å². The molecule has 0 saturated carbocycles. The van der Waals surface area contributed by atoms with Crippen LogP contribution in [0.3, 0.4) is 0 Å². The average Bonchev–Trinajstić information content (AvgIpc) is 2.58. The zero-order chi connectivity index (χ0) is 12.4. The van der Waals surface area contributed by atoms with Crippen LogP contribution < -0.4 is 11.1 Å². The number of nitrogen functional groups attached to an aromatic ring is 1. The lowest BCUT2D eigenvalue weighted by Gasteiger charge is -2.05. The maximum absolute atomic E-state index is 11.9. The molecule has 0 radical (unpaired) electrons. The van der Waals surface area contributed by atoms with Gasteiger partial charge in [0.1, 0.15) is 11.5 Å². The maximum Gasteiger partial charge on any atom is 0.277 e. The summed E-state index contributed by atoms with van der Waals surface area (Å²) in [5.41, 5.74) is 7.17. The summed E-state index contributed by atoms with van der Waals surface area (Å²) in [4.78, 5) is 16.1. The molecule has 0 aromatic carbocycles. The molecule has 0 bridgehead atoms. The normalized spacial score (nSPS) is 10.2. The molecular formula is C11H13N5O. The summed E-state index contributed by atoms with van der Waals surface area (Å²) in [6, 6.07) is 5.40. The molecule has 0 fully saturated rings. The lowest BCUT2D eigenvalue weighted by Crippen LogP contribution is -2.18. The lowest BCUT2D eigenvalue weighted by molar-refractivity contribution is 0.101. The Labute approximate surface area is 98.5 Å². The highest BCUT2D eigenvalue weighted by Crippen LogP contribution is 2.12. The number of carbonyl (C=O) groups is 1. The second-order valence-electron chi connectivity index (χ2n) is 3.69. The molecule has 2 aromatic heterocycles. The summed E-state index contributed by atoms with van der Waals surface area (Å²) < 4.78 is 1.43. The van der Waals surface area contributed by atoms with Crippen molar-refractivity contribution in [2.75, 3.05) is 11.1 Å². The van der Waals surface area contributed by atoms with Gasteiger partial charge in [-0.15, -0.1) is 0 Å². The van der Waals surface area contributed by atoms with E-state index in [0.717, 1.165) is 5.69 Å². The van der Waals surface area contributed by atoms with Gasteiger partial charge in [0.25, 0.3) is 5.91 Å². The topological polar surface area (TPSA) is 85.8 Å². The highest BCUT2D eigenvalue weighted by molar-refractivity contribution is 6.05. The van der Waals surface area contributed by atoms with Gasteiger partial charge in [0.05, 0.1) is 11.9 Å². The molecule has 0 aliphatic heterocycles. The Morgan fingerprint density at radius 2 is 2.24 bits per heavy atom. The van der Waals surface area contributed by atoms with Crippen LogP contribution in [0.5, 0.6) is 0 Å². The fourth-order valence-electron chi connectivity index (χ4n) is 1.52. The Bertz CT molecular complexity index is 541. The van der Waals surface area contributed by atoms with Crippen molar-refractivity contribution in [3.05, 3.63) is 35.8 Å². The molecule has 2 heterocycles. The number of rotatable bonds is 2. The molecule has 0 unspecified atom stereocenters. The van der Waals surface area contributed by atoms with E-state index in [1.165, 1.54) is 10.9 Å². The molecule has 0 saturated heterocycles. The van der Waals surface area contributed by atoms with Crippen LogP contribution in [0, 0.1) is 6.92 Å². The molecule has 1 amide bonds. The van der Waals surface area contributed by atoms with Gasteiger partial charge in [0.15, 0.2) is 0 Å². The molecule has 6 nitrogen and oxygen atoms in total. The van der Waals surface area contributed by atoms with Crippen molar-refractivity contribution in [2.24, 2.45) is 7.05 Å². The third kappa shape index (κ3) is 2.25. The van der Waals surface area contributed by atoms with Crippen molar-refractivity contribution in [2.45, 2.75) is 6.92 Å². The van der Waals surface area contributed by atoms with Crippen LogP contribution in [0.25, 0.3) is 0 Å². The number of carbonyl (C=O) groups excluding carboxylic acids is 1. The first-order valence-corrected chi connectivity index (χ1v) is 5.10. The van der Waals surface area contributed by atoms with E-state index in [1.807, 2.05) is 19.1 Å². The third-order valence-electron chi connectivity index (χ3n) is 2.31. The van der Waals surface area contributed by atoms with Crippen LogP contribution in [0.1, 0.15) is 16.2 Å². The van der Waals surface area contributed by atoms with Crippen LogP contribution in [0.4, 0.5) is 11.5 Å². The highest BCUT2D eigenvalue weighted by Gasteiger charge is 2.15. The molecule has 2 aromatic rings. The van der Waals surface area contributed by atoms with Crippen molar-refractivity contribution >= 4 is 17.4 Å². The number of pyridine rings is 1. The number of hydrogen-bond acceptors (Lipinski definition) is 4. The van der Waals surface area contributed by atoms with Crippen LogP contribution in [-0.2, 0) is 7.05 Å². The van der Waals surface area contributed by atoms with Gasteiger partial charge in [0, 0.05) is 12.7 Å². The first kappa shape index (κ1) is 11.1. The predicted molar refractivity (Wildman–Crippen MR) is 64.5 cm³/mol. The van der Waals surface area contributed by atoms with Gasteiger partial charge >= 0.3 is 0 Å². The molecule has 0 aliphatic carbocycles. The summed E-state index contributed by atoms with van der Waals surface area (Å²) in [7, 11) is 1.66. The third-order valence-corrected chi connectivity index (χ3v) is 2.31. The first-order valence-electron chi connectivity index (χ1n) is 5.10. The molecule has 3 N–H and O–H groups in total. The van der Waals surface area contributed by atoms with Gasteiger partial charge in [-0.1, -0.05) is 6.07 Å². The van der Waals surface area contributed by atoms with Crippen molar-refractivity contribution in [3.63, 3.8) is 0 Å². The van der Waals surface area contributed by atoms with Gasteiger partial charge < -0.3 is 11.1 Å². The number of nitrogens with zero attached hydrogens (tertiary/aromatic N) is 3. The summed E-state index contributed by atoms with van der Waals surface area (Å²) in [5.74, 6) is 0.177. The van der Waals surface area contributed by atoms with Crippen molar-refractivity contribution in [3.8, 4) is 0 Å². The fraction of sp³-hybridized carbons (Fsp3) is 0.182. The lowest BCUT2D eigenvalue weighted by atomic mass is 10.3. The molecular weight excluding hydrogens is 218 g/mol. The maximum atomic E-state index is 11.9. The SMILES string of the molecule is Cc1cccc(NC(=O)c2c(N)cnn2C)n1. The minimum Gasteiger partial charge on any atom is -0.396 e. The van der Waals surface area contributed by atoms with E-state index < -0.39 is 0 Å². The Morgan fingerprint density at radius 1 is 1.47 bits per heavy atom. The van der Waals surface area contributed by atoms with E-state index >= 15 is 0 Å². The van der Waals surface area contributed by atoms with E-state index in [0.29, 0.717) is 17.2 Å². The molecule has 0 spiro atoms. The number of amides is 1. The van der Waals surface area contributed by atoms with Gasteiger partial charge in [-0.05, 0) is 19.1 Å². The smallest absolute Gasteiger partial charge is 0.277 e. The van der Waals surface area contributed by atoms with E-state index in [-0.39, 0.29) is 5.91 Å². The minimum absolute atomic E-state index is 0.319. The van der Waals surface area contributed by atoms with Crippen LogP contribution >= 0.6 is 0 Å². The largest absolute Gasteiger partial charge is 0.396 e. The Balaban J connectivity index is 2.23. The van der Waals surface area contributed by atoms with E-state index in [4.69, 9.17) is 5.73 Å². The van der Waals surface area contributed by atoms with Gasteiger partial charge in [-0.25, -0.2) is 4.98 Å². The number of nitrogens with two attached hydrogens (primary N) is 1. The Morgan fingerprint density at radius 3 is 2.82 bits per heavy atom. The van der Waals surface area contributed by atoms with Gasteiger partial charge in [-0.2, -0.15) is 5.10 Å². The quantitative estimate of drug-likeness (QED) is 0.806. The summed E-state index contributed by atoms with van der Waals surface area (Å²) in [6.07, 6.45) is 1.44. The fourth-order valence-corrected chi connectivity index (χ4v) is 1.52. The van der Waals surface area contributed by atoms with Crippen LogP contribution in [-0.4, -0.2) is 20.7 Å². The summed E-state index contributed by atoms with van der Waals surface area (Å²) in [6.45, 7) is 1.86. The standard InChI is InChI=1S/C11H13N5O/c1-7-4-3-5-9(14-7)15-11(17)10-8(12)6-13-16(10)2/h3-6H,12H2,1-2H3,(H,14,15,17). The summed E-state index contributed by atoms with van der Waals surface area (Å²) in [5, 5.41) is 6.58. The van der Waals surface area contributed by atoms with Crippen molar-refractivity contribution < 1.29 is 4.79 Å². The predicted octanol–water partition coefficient (Wildman–Crippen LogP) is 0.958. The summed E-state index contributed by atoms with van der Waals surface area (Å²) >= 11 is 0. The molecule has 0 aliphatic rings. The number of nitrogens with one attached hydrogen (secondary N) is 1. The minimum atomic E-state index is -0.319. The highest BCUT2D eigenvalue weighted by atomic mass is 16.2.